The molecule has 0 heterocycles. The van der Waals surface area contributed by atoms with Crippen LogP contribution in [-0.4, -0.2) is 6.61 Å². The highest BCUT2D eigenvalue weighted by atomic mass is 16.5. The van der Waals surface area contributed by atoms with Crippen LogP contribution in [0.2, 0.25) is 0 Å². The number of hydrogen-bond acceptors (Lipinski definition) is 1. The van der Waals surface area contributed by atoms with Gasteiger partial charge in [-0.2, -0.15) is 0 Å². The predicted molar refractivity (Wildman–Crippen MR) is 70.2 cm³/mol. The molecule has 1 nitrogen and oxygen atoms in total. The van der Waals surface area contributed by atoms with E-state index in [-0.39, 0.29) is 0 Å². The average molecular weight is 220 g/mol. The fourth-order valence-electron chi connectivity index (χ4n) is 2.05. The van der Waals surface area contributed by atoms with Crippen molar-refractivity contribution in [3.05, 3.63) is 29.3 Å². The lowest BCUT2D eigenvalue weighted by atomic mass is 10.1. The van der Waals surface area contributed by atoms with E-state index in [1.165, 1.54) is 36.8 Å². The summed E-state index contributed by atoms with van der Waals surface area (Å²) >= 11 is 0. The Labute approximate surface area is 99.8 Å². The van der Waals surface area contributed by atoms with Crippen molar-refractivity contribution in [1.82, 2.24) is 0 Å². The molecule has 0 aromatic heterocycles. The minimum atomic E-state index is 0.868. The van der Waals surface area contributed by atoms with Gasteiger partial charge in [-0.25, -0.2) is 0 Å². The molecule has 0 atom stereocenters. The summed E-state index contributed by atoms with van der Waals surface area (Å²) in [5.41, 5.74) is 2.96. The van der Waals surface area contributed by atoms with E-state index in [9.17, 15) is 0 Å². The van der Waals surface area contributed by atoms with Crippen molar-refractivity contribution < 1.29 is 4.74 Å². The second-order valence-electron chi connectivity index (χ2n) is 3.95. The maximum Gasteiger partial charge on any atom is 0.122 e. The summed E-state index contributed by atoms with van der Waals surface area (Å²) in [4.78, 5) is 0. The molecular formula is C15H24O. The van der Waals surface area contributed by atoms with Gasteiger partial charge in [-0.3, -0.25) is 0 Å². The van der Waals surface area contributed by atoms with Crippen LogP contribution in [0, 0.1) is 0 Å². The van der Waals surface area contributed by atoms with E-state index < -0.39 is 0 Å². The first-order valence-corrected chi connectivity index (χ1v) is 6.65. The molecule has 0 radical (unpaired) electrons. The molecule has 90 valence electrons. The van der Waals surface area contributed by atoms with Gasteiger partial charge in [-0.05, 0) is 42.9 Å². The minimum Gasteiger partial charge on any atom is -0.493 e. The number of hydrogen-bond donors (Lipinski definition) is 0. The summed E-state index contributed by atoms with van der Waals surface area (Å²) in [6.45, 7) is 7.06. The topological polar surface area (TPSA) is 9.23 Å². The number of rotatable bonds is 4. The van der Waals surface area contributed by atoms with Crippen molar-refractivity contribution >= 4 is 0 Å². The summed E-state index contributed by atoms with van der Waals surface area (Å²) in [5, 5.41) is 0. The molecular weight excluding hydrogens is 196 g/mol. The van der Waals surface area contributed by atoms with Gasteiger partial charge >= 0.3 is 0 Å². The Balaban J connectivity index is 0.000000606. The van der Waals surface area contributed by atoms with Crippen molar-refractivity contribution in [3.8, 4) is 5.75 Å². The largest absolute Gasteiger partial charge is 0.493 e. The standard InChI is InChI=1S/C13H18O.C2H6/c1-2-3-10-14-13-9-5-7-11-6-4-8-12(11)13;1-2/h5,7,9H,2-4,6,8,10H2,1H3;1-2H3. The zero-order chi connectivity index (χ0) is 11.8. The Hall–Kier alpha value is -0.980. The van der Waals surface area contributed by atoms with E-state index in [4.69, 9.17) is 4.74 Å². The summed E-state index contributed by atoms with van der Waals surface area (Å²) in [5.74, 6) is 1.13. The van der Waals surface area contributed by atoms with Gasteiger partial charge in [0.05, 0.1) is 6.61 Å². The monoisotopic (exact) mass is 220 g/mol. The van der Waals surface area contributed by atoms with Crippen LogP contribution in [0.3, 0.4) is 0 Å². The predicted octanol–water partition coefficient (Wildman–Crippen LogP) is 4.38. The lowest BCUT2D eigenvalue weighted by molar-refractivity contribution is 0.306. The van der Waals surface area contributed by atoms with Gasteiger partial charge in [-0.15, -0.1) is 0 Å². The molecule has 0 saturated carbocycles. The molecule has 1 heteroatoms. The minimum absolute atomic E-state index is 0.868. The van der Waals surface area contributed by atoms with Gasteiger partial charge in [0, 0.05) is 0 Å². The van der Waals surface area contributed by atoms with E-state index >= 15 is 0 Å². The molecule has 0 N–H and O–H groups in total. The average Bonchev–Trinajstić information content (AvgIpc) is 2.81. The van der Waals surface area contributed by atoms with Gasteiger partial charge in [0.1, 0.15) is 5.75 Å². The fourth-order valence-corrected chi connectivity index (χ4v) is 2.05. The molecule has 1 aliphatic rings. The van der Waals surface area contributed by atoms with Crippen molar-refractivity contribution in [1.29, 1.82) is 0 Å². The summed E-state index contributed by atoms with van der Waals surface area (Å²) in [7, 11) is 0. The Kier molecular flexibility index (Phi) is 5.99. The van der Waals surface area contributed by atoms with E-state index in [0.29, 0.717) is 0 Å². The maximum absolute atomic E-state index is 5.79. The third-order valence-corrected chi connectivity index (χ3v) is 2.86. The Morgan fingerprint density at radius 1 is 1.19 bits per heavy atom. The van der Waals surface area contributed by atoms with Crippen LogP contribution < -0.4 is 4.74 Å². The quantitative estimate of drug-likeness (QED) is 0.684. The Morgan fingerprint density at radius 3 is 2.75 bits per heavy atom. The second-order valence-corrected chi connectivity index (χ2v) is 3.95. The molecule has 0 amide bonds. The van der Waals surface area contributed by atoms with Gasteiger partial charge in [-0.1, -0.05) is 39.3 Å². The zero-order valence-corrected chi connectivity index (χ0v) is 10.9. The Bertz CT molecular complexity index is 304. The lowest BCUT2D eigenvalue weighted by Gasteiger charge is -2.09. The van der Waals surface area contributed by atoms with Gasteiger partial charge in [0.15, 0.2) is 0 Å². The number of ether oxygens (including phenoxy) is 1. The molecule has 2 rings (SSSR count). The van der Waals surface area contributed by atoms with Crippen LogP contribution in [0.25, 0.3) is 0 Å². The van der Waals surface area contributed by atoms with E-state index in [1.807, 2.05) is 13.8 Å². The second kappa shape index (κ2) is 7.32. The normalized spacial score (nSPS) is 12.7. The first-order chi connectivity index (χ1) is 7.92. The lowest BCUT2D eigenvalue weighted by Crippen LogP contribution is -1.99. The van der Waals surface area contributed by atoms with Gasteiger partial charge < -0.3 is 4.74 Å². The van der Waals surface area contributed by atoms with Crippen LogP contribution in [0.15, 0.2) is 18.2 Å². The van der Waals surface area contributed by atoms with E-state index in [1.54, 1.807) is 0 Å². The smallest absolute Gasteiger partial charge is 0.122 e. The molecule has 0 saturated heterocycles. The number of aryl methyl sites for hydroxylation is 1. The molecule has 1 aromatic carbocycles. The SMILES string of the molecule is CC.CCCCOc1cccc2c1CCC2. The third kappa shape index (κ3) is 3.26. The molecule has 0 fully saturated rings. The Morgan fingerprint density at radius 2 is 2.00 bits per heavy atom. The maximum atomic E-state index is 5.79. The number of unbranched alkanes of at least 4 members (excludes halogenated alkanes) is 1. The van der Waals surface area contributed by atoms with Crippen molar-refractivity contribution in [2.24, 2.45) is 0 Å². The molecule has 1 aliphatic carbocycles. The number of benzene rings is 1. The van der Waals surface area contributed by atoms with E-state index in [0.717, 1.165) is 18.8 Å². The highest BCUT2D eigenvalue weighted by Crippen LogP contribution is 2.30. The highest BCUT2D eigenvalue weighted by Gasteiger charge is 2.14. The summed E-state index contributed by atoms with van der Waals surface area (Å²) in [6.07, 6.45) is 6.10. The summed E-state index contributed by atoms with van der Waals surface area (Å²) < 4.78 is 5.79. The van der Waals surface area contributed by atoms with Crippen molar-refractivity contribution in [2.75, 3.05) is 6.61 Å². The zero-order valence-electron chi connectivity index (χ0n) is 10.9. The third-order valence-electron chi connectivity index (χ3n) is 2.86. The van der Waals surface area contributed by atoms with Gasteiger partial charge in [0.25, 0.3) is 0 Å². The molecule has 0 bridgehead atoms. The first kappa shape index (κ1) is 13.1. The molecule has 0 spiro atoms. The van der Waals surface area contributed by atoms with Crippen LogP contribution in [-0.2, 0) is 12.8 Å². The fraction of sp³-hybridized carbons (Fsp3) is 0.600. The van der Waals surface area contributed by atoms with E-state index in [2.05, 4.69) is 25.1 Å². The molecule has 16 heavy (non-hydrogen) atoms. The molecule has 0 aliphatic heterocycles. The van der Waals surface area contributed by atoms with Crippen LogP contribution >= 0.6 is 0 Å². The summed E-state index contributed by atoms with van der Waals surface area (Å²) in [6, 6.07) is 6.46. The van der Waals surface area contributed by atoms with Crippen LogP contribution in [0.5, 0.6) is 5.75 Å². The van der Waals surface area contributed by atoms with Crippen molar-refractivity contribution in [2.45, 2.75) is 52.9 Å². The van der Waals surface area contributed by atoms with Crippen LogP contribution in [0.4, 0.5) is 0 Å². The van der Waals surface area contributed by atoms with Gasteiger partial charge in [0.2, 0.25) is 0 Å². The highest BCUT2D eigenvalue weighted by molar-refractivity contribution is 5.42. The first-order valence-electron chi connectivity index (χ1n) is 6.65. The number of fused-ring (bicyclic) bond motifs is 1. The van der Waals surface area contributed by atoms with Crippen LogP contribution in [0.1, 0.15) is 51.2 Å². The molecule has 1 aromatic rings. The molecule has 0 unspecified atom stereocenters. The van der Waals surface area contributed by atoms with Crippen molar-refractivity contribution in [3.63, 3.8) is 0 Å².